The van der Waals surface area contributed by atoms with E-state index in [1.165, 1.54) is 0 Å². The van der Waals surface area contributed by atoms with Crippen molar-refractivity contribution in [3.63, 3.8) is 0 Å². The molecule has 1 aliphatic heterocycles. The summed E-state index contributed by atoms with van der Waals surface area (Å²) in [6.07, 6.45) is -0.0825. The Bertz CT molecular complexity index is 331. The molecule has 0 spiro atoms. The van der Waals surface area contributed by atoms with Crippen LogP contribution in [-0.2, 0) is 4.79 Å². The number of hydrogen-bond acceptors (Lipinski definition) is 3. The van der Waals surface area contributed by atoms with Crippen molar-refractivity contribution in [2.24, 2.45) is 0 Å². The number of amides is 2. The molecule has 1 aliphatic rings. The Kier molecular flexibility index (Phi) is 4.56. The monoisotopic (exact) mass is 257 g/mol. The normalized spacial score (nSPS) is 21.8. The highest BCUT2D eigenvalue weighted by molar-refractivity contribution is 5.77. The number of carboxylic acids is 1. The topological polar surface area (TPSA) is 72.9 Å². The van der Waals surface area contributed by atoms with Crippen molar-refractivity contribution in [3.05, 3.63) is 0 Å². The molecule has 1 heterocycles. The molecule has 1 saturated heterocycles. The number of nitrogens with one attached hydrogen (secondary N) is 1. The predicted molar refractivity (Wildman–Crippen MR) is 68.5 cm³/mol. The maximum atomic E-state index is 12.1. The average Bonchev–Trinajstić information content (AvgIpc) is 2.13. The summed E-state index contributed by atoms with van der Waals surface area (Å²) in [6.45, 7) is 7.80. The quantitative estimate of drug-likeness (QED) is 0.776. The van der Waals surface area contributed by atoms with Crippen LogP contribution in [0.15, 0.2) is 0 Å². The van der Waals surface area contributed by atoms with Crippen LogP contribution in [0.5, 0.6) is 0 Å². The molecule has 2 amide bonds. The lowest BCUT2D eigenvalue weighted by Gasteiger charge is -2.39. The van der Waals surface area contributed by atoms with Crippen molar-refractivity contribution in [3.8, 4) is 0 Å². The van der Waals surface area contributed by atoms with Crippen molar-refractivity contribution in [2.75, 3.05) is 26.7 Å². The summed E-state index contributed by atoms with van der Waals surface area (Å²) < 4.78 is 0. The van der Waals surface area contributed by atoms with Crippen molar-refractivity contribution < 1.29 is 14.7 Å². The molecular formula is C12H23N3O3. The predicted octanol–water partition coefficient (Wildman–Crippen LogP) is 0.585. The lowest BCUT2D eigenvalue weighted by molar-refractivity contribution is -0.138. The van der Waals surface area contributed by atoms with Gasteiger partial charge in [0.1, 0.15) is 0 Å². The zero-order valence-electron chi connectivity index (χ0n) is 11.6. The third-order valence-electron chi connectivity index (χ3n) is 3.13. The Balaban J connectivity index is 2.57. The van der Waals surface area contributed by atoms with Gasteiger partial charge in [-0.05, 0) is 27.8 Å². The average molecular weight is 257 g/mol. The van der Waals surface area contributed by atoms with Gasteiger partial charge in [0.25, 0.3) is 0 Å². The Morgan fingerprint density at radius 1 is 1.39 bits per heavy atom. The number of hydrogen-bond donors (Lipinski definition) is 2. The first-order valence-electron chi connectivity index (χ1n) is 6.20. The maximum Gasteiger partial charge on any atom is 0.318 e. The molecule has 18 heavy (non-hydrogen) atoms. The molecule has 104 valence electrons. The van der Waals surface area contributed by atoms with E-state index in [0.29, 0.717) is 6.54 Å². The van der Waals surface area contributed by atoms with Gasteiger partial charge in [-0.2, -0.15) is 0 Å². The smallest absolute Gasteiger partial charge is 0.318 e. The van der Waals surface area contributed by atoms with Crippen LogP contribution in [-0.4, -0.2) is 65.2 Å². The van der Waals surface area contributed by atoms with Gasteiger partial charge in [-0.15, -0.1) is 0 Å². The van der Waals surface area contributed by atoms with Crippen LogP contribution in [0.2, 0.25) is 0 Å². The molecule has 2 N–H and O–H groups in total. The molecule has 0 bridgehead atoms. The summed E-state index contributed by atoms with van der Waals surface area (Å²) in [5, 5.41) is 11.6. The van der Waals surface area contributed by atoms with Crippen LogP contribution in [0.25, 0.3) is 0 Å². The molecule has 0 aromatic heterocycles. The molecule has 1 fully saturated rings. The number of rotatable bonds is 3. The van der Waals surface area contributed by atoms with E-state index in [0.717, 1.165) is 13.1 Å². The summed E-state index contributed by atoms with van der Waals surface area (Å²) in [5.74, 6) is -0.910. The summed E-state index contributed by atoms with van der Waals surface area (Å²) >= 11 is 0. The minimum absolute atomic E-state index is 0.0825. The van der Waals surface area contributed by atoms with E-state index >= 15 is 0 Å². The van der Waals surface area contributed by atoms with Crippen LogP contribution in [0.3, 0.4) is 0 Å². The first-order chi connectivity index (χ1) is 8.21. The Morgan fingerprint density at radius 3 is 2.50 bits per heavy atom. The van der Waals surface area contributed by atoms with Crippen LogP contribution in [0.1, 0.15) is 27.2 Å². The van der Waals surface area contributed by atoms with Gasteiger partial charge < -0.3 is 20.2 Å². The zero-order chi connectivity index (χ0) is 13.9. The second kappa shape index (κ2) is 5.56. The number of piperazine rings is 1. The van der Waals surface area contributed by atoms with Gasteiger partial charge in [0.05, 0.1) is 6.42 Å². The van der Waals surface area contributed by atoms with E-state index < -0.39 is 11.5 Å². The minimum Gasteiger partial charge on any atom is -0.481 e. The fraction of sp³-hybridized carbons (Fsp3) is 0.833. The molecule has 0 aromatic carbocycles. The van der Waals surface area contributed by atoms with Crippen molar-refractivity contribution in [1.82, 2.24) is 15.1 Å². The molecule has 1 atom stereocenters. The third kappa shape index (κ3) is 4.18. The SMILES string of the molecule is CC1CN(C)CCN1C(=O)NC(C)(C)CC(=O)O. The van der Waals surface area contributed by atoms with E-state index in [-0.39, 0.29) is 18.5 Å². The number of carbonyl (C=O) groups excluding carboxylic acids is 1. The second-order valence-electron chi connectivity index (χ2n) is 5.69. The zero-order valence-corrected chi connectivity index (χ0v) is 11.6. The summed E-state index contributed by atoms with van der Waals surface area (Å²) in [4.78, 5) is 26.8. The molecule has 1 unspecified atom stereocenters. The van der Waals surface area contributed by atoms with Gasteiger partial charge in [-0.25, -0.2) is 4.79 Å². The first kappa shape index (κ1) is 14.8. The highest BCUT2D eigenvalue weighted by atomic mass is 16.4. The Hall–Kier alpha value is -1.30. The molecule has 0 radical (unpaired) electrons. The van der Waals surface area contributed by atoms with Crippen molar-refractivity contribution in [2.45, 2.75) is 38.8 Å². The highest BCUT2D eigenvalue weighted by Gasteiger charge is 2.30. The van der Waals surface area contributed by atoms with Crippen LogP contribution < -0.4 is 5.32 Å². The summed E-state index contributed by atoms with van der Waals surface area (Å²) in [6, 6.07) is -0.0359. The minimum atomic E-state index is -0.910. The van der Waals surface area contributed by atoms with E-state index in [9.17, 15) is 9.59 Å². The lowest BCUT2D eigenvalue weighted by Crippen LogP contribution is -2.59. The summed E-state index contributed by atoms with van der Waals surface area (Å²) in [5.41, 5.74) is -0.730. The van der Waals surface area contributed by atoms with E-state index in [1.54, 1.807) is 18.7 Å². The van der Waals surface area contributed by atoms with Gasteiger partial charge >= 0.3 is 12.0 Å². The fourth-order valence-corrected chi connectivity index (χ4v) is 2.22. The molecule has 1 rings (SSSR count). The maximum absolute atomic E-state index is 12.1. The van der Waals surface area contributed by atoms with Gasteiger partial charge in [0.15, 0.2) is 0 Å². The van der Waals surface area contributed by atoms with Gasteiger partial charge in [-0.3, -0.25) is 4.79 Å². The molecule has 0 aromatic rings. The van der Waals surface area contributed by atoms with E-state index in [1.807, 2.05) is 14.0 Å². The van der Waals surface area contributed by atoms with Crippen molar-refractivity contribution >= 4 is 12.0 Å². The van der Waals surface area contributed by atoms with Gasteiger partial charge in [-0.1, -0.05) is 0 Å². The fourth-order valence-electron chi connectivity index (χ4n) is 2.22. The Morgan fingerprint density at radius 2 is 2.00 bits per heavy atom. The van der Waals surface area contributed by atoms with Crippen molar-refractivity contribution in [1.29, 1.82) is 0 Å². The molecule has 6 nitrogen and oxygen atoms in total. The van der Waals surface area contributed by atoms with Gasteiger partial charge in [0, 0.05) is 31.2 Å². The number of urea groups is 1. The van der Waals surface area contributed by atoms with Gasteiger partial charge in [0.2, 0.25) is 0 Å². The van der Waals surface area contributed by atoms with E-state index in [4.69, 9.17) is 5.11 Å². The van der Waals surface area contributed by atoms with Crippen LogP contribution in [0, 0.1) is 0 Å². The first-order valence-corrected chi connectivity index (χ1v) is 6.20. The second-order valence-corrected chi connectivity index (χ2v) is 5.69. The van der Waals surface area contributed by atoms with E-state index in [2.05, 4.69) is 10.2 Å². The number of carboxylic acid groups (broad SMARTS) is 1. The molecule has 0 aliphatic carbocycles. The van der Waals surface area contributed by atoms with Crippen LogP contribution >= 0.6 is 0 Å². The standard InChI is InChI=1S/C12H23N3O3/c1-9-8-14(4)5-6-15(9)11(18)13-12(2,3)7-10(16)17/h9H,5-8H2,1-4H3,(H,13,18)(H,16,17). The highest BCUT2D eigenvalue weighted by Crippen LogP contribution is 2.12. The molecule has 6 heteroatoms. The Labute approximate surface area is 108 Å². The largest absolute Gasteiger partial charge is 0.481 e. The number of aliphatic carboxylic acids is 1. The number of carbonyl (C=O) groups is 2. The third-order valence-corrected chi connectivity index (χ3v) is 3.13. The summed E-state index contributed by atoms with van der Waals surface area (Å²) in [7, 11) is 2.03. The van der Waals surface area contributed by atoms with Crippen LogP contribution in [0.4, 0.5) is 4.79 Å². The molecule has 0 saturated carbocycles. The number of likely N-dealkylation sites (N-methyl/N-ethyl adjacent to an activating group) is 1. The molecular weight excluding hydrogens is 234 g/mol. The number of nitrogens with zero attached hydrogens (tertiary/aromatic N) is 2. The lowest BCUT2D eigenvalue weighted by atomic mass is 10.0.